The number of aliphatic hydroxyl groups is 1. The van der Waals surface area contributed by atoms with Gasteiger partial charge in [-0.25, -0.2) is 4.79 Å². The van der Waals surface area contributed by atoms with Crippen LogP contribution in [0.2, 0.25) is 5.02 Å². The highest BCUT2D eigenvalue weighted by atomic mass is 35.5. The lowest BCUT2D eigenvalue weighted by Gasteiger charge is -2.59. The van der Waals surface area contributed by atoms with Gasteiger partial charge in [0.25, 0.3) is 0 Å². The largest absolute Gasteiger partial charge is 0.482 e. The quantitative estimate of drug-likeness (QED) is 0.719. The maximum Gasteiger partial charge on any atom is 0.341 e. The minimum atomic E-state index is -1.04. The van der Waals surface area contributed by atoms with Crippen molar-refractivity contribution < 1.29 is 24.5 Å². The van der Waals surface area contributed by atoms with E-state index in [1.807, 2.05) is 6.07 Å². The summed E-state index contributed by atoms with van der Waals surface area (Å²) in [6.07, 6.45) is 6.38. The molecule has 1 aromatic rings. The molecule has 4 aliphatic carbocycles. The van der Waals surface area contributed by atoms with Crippen LogP contribution in [-0.2, 0) is 16.0 Å². The molecule has 1 amide bonds. The first-order valence-electron chi connectivity index (χ1n) is 11.0. The Kier molecular flexibility index (Phi) is 4.98. The fourth-order valence-electron chi connectivity index (χ4n) is 6.91. The summed E-state index contributed by atoms with van der Waals surface area (Å²) in [5.41, 5.74) is 0.409. The summed E-state index contributed by atoms with van der Waals surface area (Å²) in [7, 11) is 0. The van der Waals surface area contributed by atoms with Crippen LogP contribution >= 0.6 is 11.6 Å². The number of rotatable bonds is 6. The molecule has 0 aromatic heterocycles. The Balaban J connectivity index is 1.25. The molecule has 5 aliphatic rings. The lowest BCUT2D eigenvalue weighted by atomic mass is 9.52. The third-order valence-corrected chi connectivity index (χ3v) is 8.11. The van der Waals surface area contributed by atoms with Crippen LogP contribution in [0.4, 0.5) is 0 Å². The Morgan fingerprint density at radius 1 is 1.23 bits per heavy atom. The van der Waals surface area contributed by atoms with E-state index in [2.05, 4.69) is 4.90 Å². The Morgan fingerprint density at radius 2 is 1.97 bits per heavy atom. The van der Waals surface area contributed by atoms with Crippen LogP contribution in [0.5, 0.6) is 5.75 Å². The summed E-state index contributed by atoms with van der Waals surface area (Å²) in [6.45, 7) is 0.382. The molecule has 30 heavy (non-hydrogen) atoms. The van der Waals surface area contributed by atoms with E-state index in [9.17, 15) is 14.7 Å². The molecule has 6 rings (SSSR count). The summed E-state index contributed by atoms with van der Waals surface area (Å²) >= 11 is 6.39. The van der Waals surface area contributed by atoms with Crippen molar-refractivity contribution in [3.63, 3.8) is 0 Å². The highest BCUT2D eigenvalue weighted by Crippen LogP contribution is 2.57. The Hall–Kier alpha value is -1.79. The fraction of sp³-hybridized carbons (Fsp3) is 0.652. The van der Waals surface area contributed by atoms with Crippen LogP contribution in [-0.4, -0.2) is 51.8 Å². The van der Waals surface area contributed by atoms with Gasteiger partial charge < -0.3 is 19.8 Å². The minimum Gasteiger partial charge on any atom is -0.482 e. The molecule has 4 bridgehead atoms. The van der Waals surface area contributed by atoms with Gasteiger partial charge in [-0.2, -0.15) is 0 Å². The minimum absolute atomic E-state index is 0.0754. The molecular formula is C23H28ClNO5. The van der Waals surface area contributed by atoms with Gasteiger partial charge in [0, 0.05) is 23.5 Å². The third kappa shape index (κ3) is 3.58. The number of hydrogen-bond acceptors (Lipinski definition) is 4. The molecule has 2 N–H and O–H groups in total. The molecular weight excluding hydrogens is 406 g/mol. The number of hydrogen-bond donors (Lipinski definition) is 2. The lowest BCUT2D eigenvalue weighted by molar-refractivity contribution is -0.168. The van der Waals surface area contributed by atoms with Crippen LogP contribution in [0.15, 0.2) is 18.2 Å². The summed E-state index contributed by atoms with van der Waals surface area (Å²) in [5, 5.41) is 20.1. The van der Waals surface area contributed by atoms with E-state index >= 15 is 0 Å². The predicted octanol–water partition coefficient (Wildman–Crippen LogP) is 3.13. The van der Waals surface area contributed by atoms with E-state index < -0.39 is 18.2 Å². The van der Waals surface area contributed by atoms with E-state index in [-0.39, 0.29) is 11.8 Å². The van der Waals surface area contributed by atoms with Crippen molar-refractivity contribution in [2.45, 2.75) is 56.6 Å². The van der Waals surface area contributed by atoms with Gasteiger partial charge in [-0.3, -0.25) is 4.79 Å². The molecule has 6 nitrogen and oxygen atoms in total. The third-order valence-electron chi connectivity index (χ3n) is 7.75. The van der Waals surface area contributed by atoms with Gasteiger partial charge in [0.05, 0.1) is 5.60 Å². The molecule has 7 heteroatoms. The molecule has 5 fully saturated rings. The number of halogens is 1. The maximum absolute atomic E-state index is 13.3. The number of ether oxygens (including phenoxy) is 1. The molecule has 1 aromatic carbocycles. The number of carbonyl (C=O) groups is 2. The Morgan fingerprint density at radius 3 is 2.60 bits per heavy atom. The van der Waals surface area contributed by atoms with Crippen molar-refractivity contribution in [2.75, 3.05) is 13.2 Å². The van der Waals surface area contributed by atoms with Crippen molar-refractivity contribution >= 4 is 23.5 Å². The fourth-order valence-corrected chi connectivity index (χ4v) is 7.15. The number of nitrogens with zero attached hydrogens (tertiary/aromatic N) is 1. The molecule has 0 spiro atoms. The molecule has 3 unspecified atom stereocenters. The van der Waals surface area contributed by atoms with Crippen molar-refractivity contribution in [1.29, 1.82) is 0 Å². The van der Waals surface area contributed by atoms with Crippen LogP contribution in [0.1, 0.15) is 44.1 Å². The van der Waals surface area contributed by atoms with Crippen LogP contribution in [0.3, 0.4) is 0 Å². The van der Waals surface area contributed by atoms with Gasteiger partial charge in [-0.05, 0) is 80.4 Å². The van der Waals surface area contributed by atoms with E-state index in [0.29, 0.717) is 41.0 Å². The van der Waals surface area contributed by atoms with E-state index in [4.69, 9.17) is 21.4 Å². The van der Waals surface area contributed by atoms with Crippen molar-refractivity contribution in [3.05, 3.63) is 28.8 Å². The van der Waals surface area contributed by atoms with Gasteiger partial charge in [-0.1, -0.05) is 17.7 Å². The van der Waals surface area contributed by atoms with Gasteiger partial charge in [0.1, 0.15) is 5.75 Å². The molecule has 1 saturated heterocycles. The predicted molar refractivity (Wildman–Crippen MR) is 110 cm³/mol. The number of likely N-dealkylation sites (tertiary alicyclic amines) is 1. The Bertz CT molecular complexity index is 857. The SMILES string of the molecule is O=C(O)COc1ccc(CC2CCN(C3C4CC5CC3CC(O)(C5)C4)C2=O)c(Cl)c1. The second-order valence-electron chi connectivity index (χ2n) is 9.84. The normalized spacial score (nSPS) is 37.1. The average molecular weight is 434 g/mol. The molecule has 1 heterocycles. The van der Waals surface area contributed by atoms with Gasteiger partial charge in [0.2, 0.25) is 5.91 Å². The van der Waals surface area contributed by atoms with Crippen LogP contribution in [0, 0.1) is 23.7 Å². The molecule has 162 valence electrons. The molecule has 4 saturated carbocycles. The monoisotopic (exact) mass is 433 g/mol. The zero-order valence-electron chi connectivity index (χ0n) is 16.9. The zero-order valence-corrected chi connectivity index (χ0v) is 17.7. The van der Waals surface area contributed by atoms with Gasteiger partial charge >= 0.3 is 5.97 Å². The van der Waals surface area contributed by atoms with Crippen molar-refractivity contribution in [1.82, 2.24) is 4.90 Å². The number of carbonyl (C=O) groups excluding carboxylic acids is 1. The van der Waals surface area contributed by atoms with E-state index in [0.717, 1.165) is 50.6 Å². The highest BCUT2D eigenvalue weighted by Gasteiger charge is 2.57. The van der Waals surface area contributed by atoms with Gasteiger partial charge in [-0.15, -0.1) is 0 Å². The number of amides is 1. The zero-order chi connectivity index (χ0) is 21.0. The van der Waals surface area contributed by atoms with Crippen LogP contribution in [0.25, 0.3) is 0 Å². The van der Waals surface area contributed by atoms with Crippen LogP contribution < -0.4 is 4.74 Å². The average Bonchev–Trinajstić information content (AvgIpc) is 3.01. The summed E-state index contributed by atoms with van der Waals surface area (Å²) in [5.74, 6) is 1.05. The second kappa shape index (κ2) is 7.41. The first-order chi connectivity index (χ1) is 14.3. The standard InChI is InChI=1S/C23H28ClNO5/c24-19-8-18(30-12-20(26)27)2-1-14(19)7-15-3-4-25(22(15)28)21-16-5-13-6-17(21)11-23(29,9-13)10-16/h1-2,8,13,15-17,21,29H,3-7,9-12H2,(H,26,27). The van der Waals surface area contributed by atoms with E-state index in [1.165, 1.54) is 0 Å². The smallest absolute Gasteiger partial charge is 0.341 e. The highest BCUT2D eigenvalue weighted by molar-refractivity contribution is 6.31. The first-order valence-corrected chi connectivity index (χ1v) is 11.3. The summed E-state index contributed by atoms with van der Waals surface area (Å²) < 4.78 is 5.17. The molecule has 1 aliphatic heterocycles. The first kappa shape index (κ1) is 20.1. The summed E-state index contributed by atoms with van der Waals surface area (Å²) in [4.78, 5) is 26.1. The number of carboxylic acid groups (broad SMARTS) is 1. The number of benzene rings is 1. The number of aliphatic carboxylic acids is 1. The topological polar surface area (TPSA) is 87.1 Å². The Labute approximate surface area is 181 Å². The van der Waals surface area contributed by atoms with E-state index in [1.54, 1.807) is 12.1 Å². The van der Waals surface area contributed by atoms with Crippen molar-refractivity contribution in [3.8, 4) is 5.75 Å². The second-order valence-corrected chi connectivity index (χ2v) is 10.2. The maximum atomic E-state index is 13.3. The van der Waals surface area contributed by atoms with Gasteiger partial charge in [0.15, 0.2) is 6.61 Å². The molecule has 0 radical (unpaired) electrons. The molecule has 3 atom stereocenters. The number of carboxylic acids is 1. The lowest BCUT2D eigenvalue weighted by Crippen LogP contribution is -2.62. The van der Waals surface area contributed by atoms with Crippen molar-refractivity contribution in [2.24, 2.45) is 23.7 Å². The summed E-state index contributed by atoms with van der Waals surface area (Å²) in [6, 6.07) is 5.45.